The lowest BCUT2D eigenvalue weighted by Crippen LogP contribution is -2.30. The Labute approximate surface area is 329 Å². The molecule has 0 amide bonds. The fourth-order valence-corrected chi connectivity index (χ4v) is 6.60. The number of aliphatic hydroxyl groups is 1. The quantitative estimate of drug-likeness (QED) is 0.0154. The summed E-state index contributed by atoms with van der Waals surface area (Å²) in [6.45, 7) is 3.86. The van der Waals surface area contributed by atoms with Crippen molar-refractivity contribution in [2.75, 3.05) is 26.4 Å². The molecule has 14 nitrogen and oxygen atoms in total. The summed E-state index contributed by atoms with van der Waals surface area (Å²) in [5.74, 6) is -0.394. The first-order valence-electron chi connectivity index (χ1n) is 20.2. The predicted octanol–water partition coefficient (Wildman–Crippen LogP) is 8.57. The molecule has 0 spiro atoms. The molecule has 3 unspecified atom stereocenters. The lowest BCUT2D eigenvalue weighted by atomic mass is 10.0. The van der Waals surface area contributed by atoms with Gasteiger partial charge in [-0.25, -0.2) is 9.13 Å². The number of carbonyl (C=O) groups excluding carboxylic acids is 2. The van der Waals surface area contributed by atoms with E-state index in [0.717, 1.165) is 50.9 Å². The maximum atomic E-state index is 12.7. The SMILES string of the molecule is CCCCC/C=C\C/C=C\C/C=C\CC1OC1CCCC(=O)O[C@H](COC(=O)CCCCCCCCCC(C)C)COP(=O)(O)OC[C@@H](O)COP(=O)(O)O. The van der Waals surface area contributed by atoms with Crippen molar-refractivity contribution in [1.82, 2.24) is 0 Å². The van der Waals surface area contributed by atoms with Gasteiger partial charge >= 0.3 is 27.6 Å². The molecule has 1 aliphatic rings. The van der Waals surface area contributed by atoms with Crippen molar-refractivity contribution in [1.29, 1.82) is 0 Å². The Kier molecular flexibility index (Phi) is 29.2. The summed E-state index contributed by atoms with van der Waals surface area (Å²) in [4.78, 5) is 52.6. The summed E-state index contributed by atoms with van der Waals surface area (Å²) in [7, 11) is -9.69. The van der Waals surface area contributed by atoms with Gasteiger partial charge in [0.2, 0.25) is 0 Å². The van der Waals surface area contributed by atoms with E-state index in [1.54, 1.807) is 0 Å². The van der Waals surface area contributed by atoms with Crippen molar-refractivity contribution in [3.05, 3.63) is 36.5 Å². The van der Waals surface area contributed by atoms with Crippen LogP contribution in [0.2, 0.25) is 0 Å². The van der Waals surface area contributed by atoms with E-state index in [1.165, 1.54) is 44.9 Å². The minimum Gasteiger partial charge on any atom is -0.462 e. The minimum atomic E-state index is -4.87. The van der Waals surface area contributed by atoms with E-state index >= 15 is 0 Å². The Bertz CT molecular complexity index is 1200. The van der Waals surface area contributed by atoms with Crippen LogP contribution in [0.5, 0.6) is 0 Å². The molecule has 320 valence electrons. The van der Waals surface area contributed by atoms with Gasteiger partial charge in [-0.15, -0.1) is 0 Å². The number of epoxide rings is 1. The number of carbonyl (C=O) groups is 2. The molecule has 55 heavy (non-hydrogen) atoms. The molecular weight excluding hydrogens is 754 g/mol. The third-order valence-electron chi connectivity index (χ3n) is 8.62. The Morgan fingerprint density at radius 2 is 1.29 bits per heavy atom. The second kappa shape index (κ2) is 31.3. The maximum Gasteiger partial charge on any atom is 0.472 e. The van der Waals surface area contributed by atoms with E-state index in [9.17, 15) is 28.7 Å². The van der Waals surface area contributed by atoms with Crippen LogP contribution in [0, 0.1) is 5.92 Å². The van der Waals surface area contributed by atoms with Crippen molar-refractivity contribution in [2.45, 2.75) is 167 Å². The molecule has 0 radical (unpaired) electrons. The molecule has 0 aliphatic carbocycles. The van der Waals surface area contributed by atoms with Gasteiger partial charge in [0.1, 0.15) is 12.7 Å². The molecular formula is C39H70O14P2. The largest absolute Gasteiger partial charge is 0.472 e. The standard InChI is InChI=1S/C39H70O14P2/c1-4-5-6-7-8-9-10-11-12-15-18-21-25-36-37(53-36)26-23-28-39(42)52-35(32-51-55(46,47)50-30-34(40)29-49-54(43,44)45)31-48-38(41)27-22-19-16-13-14-17-20-24-33(2)3/h8-9,11-12,18,21,33-37,40H,4-7,10,13-17,19-20,22-32H2,1-3H3,(H,46,47)(H2,43,44,45)/b9-8-,12-11-,21-18-/t34-,35+,36?,37?/m0/s1. The molecule has 0 aromatic rings. The average Bonchev–Trinajstić information content (AvgIpc) is 3.88. The summed E-state index contributed by atoms with van der Waals surface area (Å²) < 4.78 is 53.4. The van der Waals surface area contributed by atoms with Crippen molar-refractivity contribution in [3.63, 3.8) is 0 Å². The summed E-state index contributed by atoms with van der Waals surface area (Å²) in [5.41, 5.74) is 0. The van der Waals surface area contributed by atoms with Gasteiger partial charge in [-0.2, -0.15) is 0 Å². The van der Waals surface area contributed by atoms with E-state index in [2.05, 4.69) is 66.3 Å². The van der Waals surface area contributed by atoms with E-state index in [1.807, 2.05) is 0 Å². The average molecular weight is 825 g/mol. The molecule has 1 fully saturated rings. The molecule has 5 atom stereocenters. The van der Waals surface area contributed by atoms with Gasteiger partial charge in [-0.1, -0.05) is 115 Å². The minimum absolute atomic E-state index is 0.0429. The van der Waals surface area contributed by atoms with Crippen molar-refractivity contribution >= 4 is 27.6 Å². The molecule has 1 saturated heterocycles. The summed E-state index contributed by atoms with van der Waals surface area (Å²) in [6, 6.07) is 0. The fraction of sp³-hybridized carbons (Fsp3) is 0.795. The van der Waals surface area contributed by atoms with Crippen LogP contribution in [0.1, 0.15) is 143 Å². The van der Waals surface area contributed by atoms with Crippen LogP contribution in [-0.4, -0.2) is 82.6 Å². The molecule has 0 saturated carbocycles. The lowest BCUT2D eigenvalue weighted by molar-refractivity contribution is -0.161. The number of allylic oxidation sites excluding steroid dienone is 5. The molecule has 0 aromatic heterocycles. The number of unbranched alkanes of at least 4 members (excludes halogenated alkanes) is 9. The second-order valence-electron chi connectivity index (χ2n) is 14.4. The normalized spacial score (nSPS) is 18.3. The van der Waals surface area contributed by atoms with Gasteiger partial charge in [0.25, 0.3) is 0 Å². The molecule has 0 aromatic carbocycles. The highest BCUT2D eigenvalue weighted by Gasteiger charge is 2.37. The second-order valence-corrected chi connectivity index (χ2v) is 17.1. The van der Waals surface area contributed by atoms with E-state index in [0.29, 0.717) is 19.3 Å². The van der Waals surface area contributed by atoms with Gasteiger partial charge in [0.15, 0.2) is 6.10 Å². The Hall–Kier alpha value is -1.70. The van der Waals surface area contributed by atoms with E-state index in [4.69, 9.17) is 28.5 Å². The van der Waals surface area contributed by atoms with Crippen LogP contribution in [0.15, 0.2) is 36.5 Å². The molecule has 0 bridgehead atoms. The zero-order valence-corrected chi connectivity index (χ0v) is 35.2. The Morgan fingerprint density at radius 1 is 0.691 bits per heavy atom. The maximum absolute atomic E-state index is 12.7. The van der Waals surface area contributed by atoms with Crippen LogP contribution in [0.25, 0.3) is 0 Å². The van der Waals surface area contributed by atoms with Crippen molar-refractivity contribution in [2.24, 2.45) is 5.92 Å². The monoisotopic (exact) mass is 824 g/mol. The van der Waals surface area contributed by atoms with Crippen LogP contribution < -0.4 is 0 Å². The van der Waals surface area contributed by atoms with Gasteiger partial charge < -0.3 is 34.0 Å². The van der Waals surface area contributed by atoms with Crippen LogP contribution in [-0.2, 0) is 46.5 Å². The van der Waals surface area contributed by atoms with E-state index < -0.39 is 66.2 Å². The summed E-state index contributed by atoms with van der Waals surface area (Å²) in [6.07, 6.45) is 27.6. The van der Waals surface area contributed by atoms with Gasteiger partial charge in [-0.05, 0) is 57.3 Å². The third-order valence-corrected chi connectivity index (χ3v) is 10.1. The highest BCUT2D eigenvalue weighted by Crippen LogP contribution is 2.44. The first-order valence-corrected chi connectivity index (χ1v) is 23.2. The number of phosphoric acid groups is 2. The van der Waals surface area contributed by atoms with Crippen molar-refractivity contribution < 1.29 is 66.3 Å². The van der Waals surface area contributed by atoms with E-state index in [-0.39, 0.29) is 25.0 Å². The number of esters is 2. The van der Waals surface area contributed by atoms with Crippen LogP contribution in [0.3, 0.4) is 0 Å². The number of hydrogen-bond acceptors (Lipinski definition) is 11. The lowest BCUT2D eigenvalue weighted by Gasteiger charge is -2.20. The summed E-state index contributed by atoms with van der Waals surface area (Å²) in [5, 5.41) is 9.73. The number of ether oxygens (including phenoxy) is 3. The molecule has 1 aliphatic heterocycles. The highest BCUT2D eigenvalue weighted by atomic mass is 31.2. The Balaban J connectivity index is 2.45. The van der Waals surface area contributed by atoms with Gasteiger partial charge in [0.05, 0.1) is 32.0 Å². The topological polar surface area (TPSA) is 208 Å². The third kappa shape index (κ3) is 33.0. The number of aliphatic hydroxyl groups excluding tert-OH is 1. The molecule has 4 N–H and O–H groups in total. The van der Waals surface area contributed by atoms with Crippen LogP contribution in [0.4, 0.5) is 0 Å². The van der Waals surface area contributed by atoms with Gasteiger partial charge in [-0.3, -0.25) is 23.2 Å². The first-order chi connectivity index (χ1) is 26.2. The van der Waals surface area contributed by atoms with Gasteiger partial charge in [0, 0.05) is 12.8 Å². The zero-order chi connectivity index (χ0) is 40.8. The molecule has 16 heteroatoms. The number of rotatable bonds is 36. The van der Waals surface area contributed by atoms with Crippen LogP contribution >= 0.6 is 15.6 Å². The zero-order valence-electron chi connectivity index (χ0n) is 33.4. The summed E-state index contributed by atoms with van der Waals surface area (Å²) >= 11 is 0. The first kappa shape index (κ1) is 51.3. The Morgan fingerprint density at radius 3 is 1.96 bits per heavy atom. The van der Waals surface area contributed by atoms with Crippen molar-refractivity contribution in [3.8, 4) is 0 Å². The smallest absolute Gasteiger partial charge is 0.462 e. The number of hydrogen-bond donors (Lipinski definition) is 4. The highest BCUT2D eigenvalue weighted by molar-refractivity contribution is 7.47. The predicted molar refractivity (Wildman–Crippen MR) is 211 cm³/mol. The molecule has 1 rings (SSSR count). The fourth-order valence-electron chi connectivity index (χ4n) is 5.44. The number of phosphoric ester groups is 2. The molecule has 1 heterocycles.